The van der Waals surface area contributed by atoms with E-state index < -0.39 is 10.0 Å². The molecule has 6 heteroatoms. The molecule has 0 spiro atoms. The minimum absolute atomic E-state index is 0.230. The van der Waals surface area contributed by atoms with Gasteiger partial charge in [0.2, 0.25) is 0 Å². The van der Waals surface area contributed by atoms with Crippen molar-refractivity contribution in [2.45, 2.75) is 31.1 Å². The van der Waals surface area contributed by atoms with E-state index in [9.17, 15) is 8.42 Å². The molecular weight excluding hydrogens is 450 g/mol. The summed E-state index contributed by atoms with van der Waals surface area (Å²) in [5.41, 5.74) is 2.65. The zero-order valence-electron chi connectivity index (χ0n) is 15.9. The van der Waals surface area contributed by atoms with E-state index in [2.05, 4.69) is 27.6 Å². The number of rotatable bonds is 3. The molecule has 3 aromatic carbocycles. The van der Waals surface area contributed by atoms with Gasteiger partial charge in [0, 0.05) is 32.6 Å². The van der Waals surface area contributed by atoms with Gasteiger partial charge in [0.25, 0.3) is 10.0 Å². The van der Waals surface area contributed by atoms with Crippen LogP contribution in [-0.2, 0) is 22.9 Å². The lowest BCUT2D eigenvalue weighted by Crippen LogP contribution is -2.13. The third kappa shape index (κ3) is 3.24. The highest BCUT2D eigenvalue weighted by atomic mass is 79.9. The van der Waals surface area contributed by atoms with Gasteiger partial charge in [-0.2, -0.15) is 0 Å². The fourth-order valence-electron chi connectivity index (χ4n) is 4.17. The minimum Gasteiger partial charge on any atom is -0.460 e. The number of nitrogens with one attached hydrogen (secondary N) is 1. The number of halogens is 1. The predicted octanol–water partition coefficient (Wildman–Crippen LogP) is 6.27. The first kappa shape index (κ1) is 18.7. The molecule has 0 unspecified atom stereocenters. The second kappa shape index (κ2) is 6.89. The zero-order valence-corrected chi connectivity index (χ0v) is 18.3. The maximum Gasteiger partial charge on any atom is 0.261 e. The summed E-state index contributed by atoms with van der Waals surface area (Å²) in [7, 11) is -3.70. The normalized spacial score (nSPS) is 16.8. The van der Waals surface area contributed by atoms with Gasteiger partial charge in [-0.25, -0.2) is 8.42 Å². The van der Waals surface area contributed by atoms with Crippen molar-refractivity contribution in [2.24, 2.45) is 5.92 Å². The first-order valence-corrected chi connectivity index (χ1v) is 11.9. The lowest BCUT2D eigenvalue weighted by atomic mass is 9.88. The van der Waals surface area contributed by atoms with Crippen LogP contribution >= 0.6 is 15.9 Å². The number of anilines is 1. The topological polar surface area (TPSA) is 59.3 Å². The van der Waals surface area contributed by atoms with Crippen LogP contribution in [0.2, 0.25) is 0 Å². The van der Waals surface area contributed by atoms with E-state index in [1.54, 1.807) is 24.3 Å². The second-order valence-corrected chi connectivity index (χ2v) is 10.4. The third-order valence-corrected chi connectivity index (χ3v) is 7.58. The fraction of sp³-hybridized carbons (Fsp3) is 0.217. The lowest BCUT2D eigenvalue weighted by Gasteiger charge is -2.16. The second-order valence-electron chi connectivity index (χ2n) is 7.76. The first-order chi connectivity index (χ1) is 13.9. The summed E-state index contributed by atoms with van der Waals surface area (Å²) in [5, 5.41) is 2.78. The van der Waals surface area contributed by atoms with Gasteiger partial charge in [-0.3, -0.25) is 4.72 Å². The van der Waals surface area contributed by atoms with E-state index in [0.717, 1.165) is 51.2 Å². The van der Waals surface area contributed by atoms with Crippen molar-refractivity contribution in [1.29, 1.82) is 0 Å². The number of sulfonamides is 1. The van der Waals surface area contributed by atoms with Crippen LogP contribution in [-0.4, -0.2) is 8.42 Å². The number of hydrogen-bond acceptors (Lipinski definition) is 3. The highest BCUT2D eigenvalue weighted by Gasteiger charge is 2.25. The number of hydrogen-bond donors (Lipinski definition) is 1. The van der Waals surface area contributed by atoms with E-state index in [4.69, 9.17) is 4.42 Å². The smallest absolute Gasteiger partial charge is 0.261 e. The Morgan fingerprint density at radius 1 is 1.03 bits per heavy atom. The molecule has 1 aliphatic carbocycles. The molecule has 1 heterocycles. The maximum absolute atomic E-state index is 13.0. The van der Waals surface area contributed by atoms with Crippen LogP contribution in [0.15, 0.2) is 68.4 Å². The number of fused-ring (bicyclic) bond motifs is 5. The summed E-state index contributed by atoms with van der Waals surface area (Å²) >= 11 is 3.35. The van der Waals surface area contributed by atoms with Gasteiger partial charge in [0.1, 0.15) is 11.3 Å². The maximum atomic E-state index is 13.0. The molecular formula is C23H20BrNO3S. The van der Waals surface area contributed by atoms with Gasteiger partial charge in [-0.15, -0.1) is 0 Å². The van der Waals surface area contributed by atoms with E-state index in [1.807, 2.05) is 30.3 Å². The molecule has 1 aromatic heterocycles. The molecule has 5 rings (SSSR count). The van der Waals surface area contributed by atoms with Crippen molar-refractivity contribution >= 4 is 53.4 Å². The summed E-state index contributed by atoms with van der Waals surface area (Å²) in [6.45, 7) is 2.24. The van der Waals surface area contributed by atoms with Crippen molar-refractivity contribution in [1.82, 2.24) is 0 Å². The highest BCUT2D eigenvalue weighted by Crippen LogP contribution is 2.40. The molecule has 4 nitrogen and oxygen atoms in total. The standard InChI is InChI=1S/C23H20BrNO3S/c1-14-6-11-18-20-13-21(25-29(26,27)16-9-7-15(24)8-10-16)17-4-2-3-5-19(17)23(20)28-22(18)12-14/h2-5,7-10,13-14,25H,6,11-12H2,1H3/t14-/m0/s1. The van der Waals surface area contributed by atoms with Crippen LogP contribution in [0.3, 0.4) is 0 Å². The third-order valence-electron chi connectivity index (χ3n) is 5.67. The molecule has 0 amide bonds. The SMILES string of the molecule is C[C@H]1CCc2c(oc3c2cc(NS(=O)(=O)c2ccc(Br)cc2)c2ccccc23)C1. The number of furan rings is 1. The molecule has 1 aliphatic rings. The molecule has 0 bridgehead atoms. The molecule has 4 aromatic rings. The van der Waals surface area contributed by atoms with Crippen LogP contribution < -0.4 is 4.72 Å². The molecule has 0 radical (unpaired) electrons. The molecule has 0 aliphatic heterocycles. The van der Waals surface area contributed by atoms with Crippen molar-refractivity contribution in [3.05, 3.63) is 70.4 Å². The Kier molecular flexibility index (Phi) is 4.44. The van der Waals surface area contributed by atoms with Crippen LogP contribution in [0, 0.1) is 5.92 Å². The Bertz CT molecular complexity index is 1340. The van der Waals surface area contributed by atoms with Gasteiger partial charge in [0.05, 0.1) is 10.6 Å². The van der Waals surface area contributed by atoms with Gasteiger partial charge < -0.3 is 4.42 Å². The van der Waals surface area contributed by atoms with Gasteiger partial charge in [-0.1, -0.05) is 47.1 Å². The summed E-state index contributed by atoms with van der Waals surface area (Å²) in [5.74, 6) is 1.64. The van der Waals surface area contributed by atoms with Crippen LogP contribution in [0.5, 0.6) is 0 Å². The Morgan fingerprint density at radius 2 is 1.76 bits per heavy atom. The van der Waals surface area contributed by atoms with E-state index in [1.165, 1.54) is 5.56 Å². The monoisotopic (exact) mass is 469 g/mol. The Labute approximate surface area is 178 Å². The van der Waals surface area contributed by atoms with E-state index >= 15 is 0 Å². The van der Waals surface area contributed by atoms with Crippen LogP contribution in [0.1, 0.15) is 24.7 Å². The Morgan fingerprint density at radius 3 is 2.52 bits per heavy atom. The summed E-state index contributed by atoms with van der Waals surface area (Å²) in [6, 6.07) is 16.4. The lowest BCUT2D eigenvalue weighted by molar-refractivity contribution is 0.427. The molecule has 0 saturated carbocycles. The highest BCUT2D eigenvalue weighted by molar-refractivity contribution is 9.10. The van der Waals surface area contributed by atoms with Gasteiger partial charge in [0.15, 0.2) is 0 Å². The van der Waals surface area contributed by atoms with Crippen molar-refractivity contribution in [2.75, 3.05) is 4.72 Å². The van der Waals surface area contributed by atoms with Gasteiger partial charge >= 0.3 is 0 Å². The van der Waals surface area contributed by atoms with Crippen LogP contribution in [0.4, 0.5) is 5.69 Å². The molecule has 1 atom stereocenters. The van der Waals surface area contributed by atoms with E-state index in [-0.39, 0.29) is 4.90 Å². The molecule has 29 heavy (non-hydrogen) atoms. The molecule has 0 saturated heterocycles. The van der Waals surface area contributed by atoms with Crippen molar-refractivity contribution in [3.8, 4) is 0 Å². The number of aryl methyl sites for hydroxylation is 1. The molecule has 1 N–H and O–H groups in total. The Balaban J connectivity index is 1.69. The summed E-state index contributed by atoms with van der Waals surface area (Å²) in [6.07, 6.45) is 3.01. The fourth-order valence-corrected chi connectivity index (χ4v) is 5.50. The first-order valence-electron chi connectivity index (χ1n) is 9.67. The molecule has 148 valence electrons. The summed E-state index contributed by atoms with van der Waals surface area (Å²) in [4.78, 5) is 0.230. The summed E-state index contributed by atoms with van der Waals surface area (Å²) < 4.78 is 35.9. The van der Waals surface area contributed by atoms with Gasteiger partial charge in [-0.05, 0) is 49.1 Å². The number of benzene rings is 3. The average molecular weight is 470 g/mol. The van der Waals surface area contributed by atoms with E-state index in [0.29, 0.717) is 11.6 Å². The van der Waals surface area contributed by atoms with Crippen molar-refractivity contribution in [3.63, 3.8) is 0 Å². The predicted molar refractivity (Wildman–Crippen MR) is 120 cm³/mol. The largest absolute Gasteiger partial charge is 0.460 e. The average Bonchev–Trinajstić information content (AvgIpc) is 3.06. The Hall–Kier alpha value is -2.31. The quantitative estimate of drug-likeness (QED) is 0.384. The van der Waals surface area contributed by atoms with Crippen molar-refractivity contribution < 1.29 is 12.8 Å². The zero-order chi connectivity index (χ0) is 20.2. The van der Waals surface area contributed by atoms with Crippen LogP contribution in [0.25, 0.3) is 21.7 Å². The molecule has 0 fully saturated rings. The minimum atomic E-state index is -3.70.